The van der Waals surface area contributed by atoms with Crippen LogP contribution in [0, 0.1) is 11.6 Å². The Hall–Kier alpha value is -1.45. The standard InChI is InChI=1S/C10H10F2O2/c1-2-3-10(13)14-9-5-7(11)4-8(12)6-9/h4-6H,2-3H2,1H3. The van der Waals surface area contributed by atoms with E-state index in [2.05, 4.69) is 0 Å². The van der Waals surface area contributed by atoms with Gasteiger partial charge in [-0.05, 0) is 6.42 Å². The van der Waals surface area contributed by atoms with Gasteiger partial charge < -0.3 is 4.74 Å². The van der Waals surface area contributed by atoms with Crippen LogP contribution in [0.15, 0.2) is 18.2 Å². The van der Waals surface area contributed by atoms with E-state index < -0.39 is 17.6 Å². The maximum atomic E-state index is 12.6. The molecule has 0 heterocycles. The first-order chi connectivity index (χ1) is 6.61. The number of hydrogen-bond donors (Lipinski definition) is 0. The van der Waals surface area contributed by atoms with Gasteiger partial charge in [0, 0.05) is 24.6 Å². The van der Waals surface area contributed by atoms with Crippen LogP contribution in [0.25, 0.3) is 0 Å². The molecule has 0 N–H and O–H groups in total. The highest BCUT2D eigenvalue weighted by atomic mass is 19.1. The minimum atomic E-state index is -0.760. The molecule has 14 heavy (non-hydrogen) atoms. The van der Waals surface area contributed by atoms with Crippen molar-refractivity contribution in [3.63, 3.8) is 0 Å². The Labute approximate surface area is 80.5 Å². The lowest BCUT2D eigenvalue weighted by Gasteiger charge is -2.03. The zero-order chi connectivity index (χ0) is 10.6. The molecule has 1 aromatic carbocycles. The van der Waals surface area contributed by atoms with E-state index in [1.165, 1.54) is 0 Å². The summed E-state index contributed by atoms with van der Waals surface area (Å²) in [4.78, 5) is 11.0. The number of esters is 1. The summed E-state index contributed by atoms with van der Waals surface area (Å²) in [5, 5.41) is 0. The van der Waals surface area contributed by atoms with Crippen LogP contribution in [-0.4, -0.2) is 5.97 Å². The van der Waals surface area contributed by atoms with Crippen LogP contribution in [0.4, 0.5) is 8.78 Å². The van der Waals surface area contributed by atoms with Crippen molar-refractivity contribution in [1.29, 1.82) is 0 Å². The molecule has 0 saturated heterocycles. The molecule has 0 fully saturated rings. The van der Waals surface area contributed by atoms with Gasteiger partial charge in [-0.1, -0.05) is 6.92 Å². The first-order valence-corrected chi connectivity index (χ1v) is 4.28. The second-order valence-corrected chi connectivity index (χ2v) is 2.83. The molecule has 1 aromatic rings. The summed E-state index contributed by atoms with van der Waals surface area (Å²) in [5.74, 6) is -2.10. The van der Waals surface area contributed by atoms with Gasteiger partial charge in [0.25, 0.3) is 0 Å². The lowest BCUT2D eigenvalue weighted by atomic mass is 10.3. The molecule has 2 nitrogen and oxygen atoms in total. The first-order valence-electron chi connectivity index (χ1n) is 4.28. The normalized spacial score (nSPS) is 9.93. The summed E-state index contributed by atoms with van der Waals surface area (Å²) in [6, 6.07) is 2.66. The van der Waals surface area contributed by atoms with Gasteiger partial charge in [-0.2, -0.15) is 0 Å². The van der Waals surface area contributed by atoms with Crippen LogP contribution in [0.5, 0.6) is 5.75 Å². The molecule has 1 rings (SSSR count). The van der Waals surface area contributed by atoms with Crippen molar-refractivity contribution in [1.82, 2.24) is 0 Å². The molecule has 0 radical (unpaired) electrons. The molecule has 0 aromatic heterocycles. The molecular formula is C10H10F2O2. The van der Waals surface area contributed by atoms with E-state index in [4.69, 9.17) is 4.74 Å². The van der Waals surface area contributed by atoms with E-state index in [9.17, 15) is 13.6 Å². The fourth-order valence-electron chi connectivity index (χ4n) is 0.974. The highest BCUT2D eigenvalue weighted by Crippen LogP contribution is 2.15. The van der Waals surface area contributed by atoms with Crippen molar-refractivity contribution in [3.8, 4) is 5.75 Å². The second-order valence-electron chi connectivity index (χ2n) is 2.83. The van der Waals surface area contributed by atoms with Gasteiger partial charge in [0.15, 0.2) is 0 Å². The number of carbonyl (C=O) groups is 1. The predicted octanol–water partition coefficient (Wildman–Crippen LogP) is 2.67. The maximum Gasteiger partial charge on any atom is 0.311 e. The SMILES string of the molecule is CCCC(=O)Oc1cc(F)cc(F)c1. The molecule has 0 bridgehead atoms. The van der Waals surface area contributed by atoms with Gasteiger partial charge in [0.1, 0.15) is 17.4 Å². The molecule has 0 saturated carbocycles. The van der Waals surface area contributed by atoms with E-state index in [0.29, 0.717) is 6.42 Å². The average Bonchev–Trinajstić information content (AvgIpc) is 2.01. The zero-order valence-electron chi connectivity index (χ0n) is 7.72. The van der Waals surface area contributed by atoms with Crippen LogP contribution >= 0.6 is 0 Å². The fraction of sp³-hybridized carbons (Fsp3) is 0.300. The van der Waals surface area contributed by atoms with E-state index in [1.54, 1.807) is 0 Å². The Bertz CT molecular complexity index is 317. The third-order valence-corrected chi connectivity index (χ3v) is 1.52. The topological polar surface area (TPSA) is 26.3 Å². The van der Waals surface area contributed by atoms with Crippen LogP contribution in [0.2, 0.25) is 0 Å². The molecule has 0 amide bonds. The van der Waals surface area contributed by atoms with Crippen LogP contribution in [-0.2, 0) is 4.79 Å². The Kier molecular flexibility index (Phi) is 3.56. The molecule has 4 heteroatoms. The van der Waals surface area contributed by atoms with Gasteiger partial charge in [-0.25, -0.2) is 8.78 Å². The van der Waals surface area contributed by atoms with Gasteiger partial charge >= 0.3 is 5.97 Å². The Morgan fingerprint density at radius 1 is 1.29 bits per heavy atom. The summed E-state index contributed by atoms with van der Waals surface area (Å²) < 4.78 is 30.0. The summed E-state index contributed by atoms with van der Waals surface area (Å²) >= 11 is 0. The lowest BCUT2D eigenvalue weighted by Crippen LogP contribution is -2.07. The Balaban J connectivity index is 2.71. The molecule has 76 valence electrons. The molecular weight excluding hydrogens is 190 g/mol. The number of ether oxygens (including phenoxy) is 1. The smallest absolute Gasteiger partial charge is 0.311 e. The van der Waals surface area contributed by atoms with E-state index >= 15 is 0 Å². The Morgan fingerprint density at radius 3 is 2.36 bits per heavy atom. The molecule has 0 atom stereocenters. The number of benzene rings is 1. The van der Waals surface area contributed by atoms with Gasteiger partial charge in [0.2, 0.25) is 0 Å². The van der Waals surface area contributed by atoms with Crippen LogP contribution in [0.3, 0.4) is 0 Å². The zero-order valence-corrected chi connectivity index (χ0v) is 7.72. The van der Waals surface area contributed by atoms with Crippen molar-refractivity contribution < 1.29 is 18.3 Å². The summed E-state index contributed by atoms with van der Waals surface area (Å²) in [6.07, 6.45) is 0.870. The Morgan fingerprint density at radius 2 is 1.86 bits per heavy atom. The first kappa shape index (κ1) is 10.6. The molecule has 0 aliphatic heterocycles. The fourth-order valence-corrected chi connectivity index (χ4v) is 0.974. The van der Waals surface area contributed by atoms with Gasteiger partial charge in [-0.15, -0.1) is 0 Å². The van der Waals surface area contributed by atoms with Crippen molar-refractivity contribution in [2.45, 2.75) is 19.8 Å². The summed E-state index contributed by atoms with van der Waals surface area (Å²) in [5.41, 5.74) is 0. The monoisotopic (exact) mass is 200 g/mol. The van der Waals surface area contributed by atoms with Gasteiger partial charge in [0.05, 0.1) is 0 Å². The quantitative estimate of drug-likeness (QED) is 0.553. The lowest BCUT2D eigenvalue weighted by molar-refractivity contribution is -0.134. The molecule has 0 aliphatic rings. The highest BCUT2D eigenvalue weighted by molar-refractivity contribution is 5.72. The minimum absolute atomic E-state index is 0.0963. The van der Waals surface area contributed by atoms with Gasteiger partial charge in [-0.3, -0.25) is 4.79 Å². The number of carbonyl (C=O) groups excluding carboxylic acids is 1. The number of hydrogen-bond acceptors (Lipinski definition) is 2. The molecule has 0 unspecified atom stereocenters. The highest BCUT2D eigenvalue weighted by Gasteiger charge is 2.06. The summed E-state index contributed by atoms with van der Waals surface area (Å²) in [6.45, 7) is 1.81. The van der Waals surface area contributed by atoms with Crippen molar-refractivity contribution in [3.05, 3.63) is 29.8 Å². The van der Waals surface area contributed by atoms with E-state index in [1.807, 2.05) is 6.92 Å². The predicted molar refractivity (Wildman–Crippen MR) is 46.9 cm³/mol. The maximum absolute atomic E-state index is 12.6. The largest absolute Gasteiger partial charge is 0.426 e. The minimum Gasteiger partial charge on any atom is -0.426 e. The number of rotatable bonds is 3. The van der Waals surface area contributed by atoms with Crippen molar-refractivity contribution >= 4 is 5.97 Å². The van der Waals surface area contributed by atoms with E-state index in [0.717, 1.165) is 18.2 Å². The third-order valence-electron chi connectivity index (χ3n) is 1.52. The van der Waals surface area contributed by atoms with Crippen LogP contribution < -0.4 is 4.74 Å². The van der Waals surface area contributed by atoms with Crippen molar-refractivity contribution in [2.75, 3.05) is 0 Å². The average molecular weight is 200 g/mol. The molecule has 0 spiro atoms. The molecule has 0 aliphatic carbocycles. The summed E-state index contributed by atoms with van der Waals surface area (Å²) in [7, 11) is 0. The van der Waals surface area contributed by atoms with Crippen LogP contribution in [0.1, 0.15) is 19.8 Å². The number of halogens is 2. The second kappa shape index (κ2) is 4.69. The van der Waals surface area contributed by atoms with E-state index in [-0.39, 0.29) is 12.2 Å². The third kappa shape index (κ3) is 3.12. The van der Waals surface area contributed by atoms with Crippen molar-refractivity contribution in [2.24, 2.45) is 0 Å².